The smallest absolute Gasteiger partial charge is 0.480 e. The van der Waals surface area contributed by atoms with Gasteiger partial charge in [0.15, 0.2) is 17.4 Å². The molecule has 3 aromatic heterocycles. The summed E-state index contributed by atoms with van der Waals surface area (Å²) >= 11 is 0. The number of aryl methyl sites for hydroxylation is 2. The van der Waals surface area contributed by atoms with Gasteiger partial charge in [-0.2, -0.15) is 5.21 Å². The summed E-state index contributed by atoms with van der Waals surface area (Å²) in [6.07, 6.45) is -2.05. The molecule has 3 heterocycles. The monoisotopic (exact) mass is 717 g/mol. The zero-order chi connectivity index (χ0) is 37.2. The van der Waals surface area contributed by atoms with E-state index in [0.717, 1.165) is 28.3 Å². The highest BCUT2D eigenvalue weighted by atomic mass is 16.9. The zero-order valence-corrected chi connectivity index (χ0v) is 27.7. The number of hydrogen-bond acceptors (Lipinski definition) is 15. The van der Waals surface area contributed by atoms with Crippen molar-refractivity contribution in [2.45, 2.75) is 39.3 Å². The number of tetrazole rings is 1. The third kappa shape index (κ3) is 9.16. The molecule has 20 nitrogen and oxygen atoms in total. The molecule has 3 N–H and O–H groups in total. The van der Waals surface area contributed by atoms with Crippen LogP contribution in [0, 0.1) is 24.0 Å². The first-order valence-corrected chi connectivity index (χ1v) is 15.6. The Kier molecular flexibility index (Phi) is 11.6. The van der Waals surface area contributed by atoms with E-state index in [4.69, 9.17) is 14.2 Å². The number of rotatable bonds is 15. The number of nitrogens with one attached hydrogen (secondary N) is 2. The van der Waals surface area contributed by atoms with Gasteiger partial charge in [-0.3, -0.25) is 9.36 Å². The van der Waals surface area contributed by atoms with Gasteiger partial charge in [0.1, 0.15) is 12.4 Å². The summed E-state index contributed by atoms with van der Waals surface area (Å²) in [5, 5.41) is 35.3. The Morgan fingerprint density at radius 1 is 1.02 bits per heavy atom. The van der Waals surface area contributed by atoms with Crippen LogP contribution < -0.4 is 15.6 Å². The van der Waals surface area contributed by atoms with Crippen molar-refractivity contribution in [1.29, 1.82) is 0 Å². The minimum absolute atomic E-state index is 0.103. The minimum Gasteiger partial charge on any atom is -0.480 e. The highest BCUT2D eigenvalue weighted by molar-refractivity contribution is 5.88. The van der Waals surface area contributed by atoms with Crippen LogP contribution in [-0.2, 0) is 25.7 Å². The Hall–Kier alpha value is -6.99. The van der Waals surface area contributed by atoms with E-state index in [1.165, 1.54) is 4.57 Å². The van der Waals surface area contributed by atoms with Crippen molar-refractivity contribution in [1.82, 2.24) is 40.5 Å². The number of carbonyl (C=O) groups is 3. The third-order valence-electron chi connectivity index (χ3n) is 7.44. The van der Waals surface area contributed by atoms with E-state index in [1.807, 2.05) is 48.5 Å². The second-order valence-corrected chi connectivity index (χ2v) is 11.1. The van der Waals surface area contributed by atoms with Gasteiger partial charge in [-0.25, -0.2) is 24.4 Å². The Morgan fingerprint density at radius 3 is 2.44 bits per heavy atom. The molecule has 5 aromatic rings. The molecule has 0 spiro atoms. The van der Waals surface area contributed by atoms with Crippen molar-refractivity contribution in [3.8, 4) is 28.3 Å². The number of aromatic amines is 1. The topological polar surface area (TPSA) is 266 Å². The molecule has 0 aliphatic rings. The van der Waals surface area contributed by atoms with Crippen molar-refractivity contribution < 1.29 is 43.6 Å². The molecule has 0 bridgehead atoms. The van der Waals surface area contributed by atoms with Gasteiger partial charge in [0, 0.05) is 11.6 Å². The van der Waals surface area contributed by atoms with E-state index in [9.17, 15) is 34.4 Å². The van der Waals surface area contributed by atoms with E-state index < -0.39 is 41.5 Å². The number of benzene rings is 2. The first kappa shape index (κ1) is 36.3. The fourth-order valence-electron chi connectivity index (χ4n) is 5.09. The number of carboxylic acid groups (broad SMARTS) is 1. The van der Waals surface area contributed by atoms with Gasteiger partial charge in [-0.15, -0.1) is 20.3 Å². The lowest BCUT2D eigenvalue weighted by Gasteiger charge is -2.17. The number of carboxylic acids is 1. The molecule has 1 amide bonds. The standard InChI is InChI=1S/C32H31N9O11/c1-18-27-25(52-31(45)35-24(30(43)44)17-50-32(46)49-13-5-6-14-51-41(47)48)15-26(42)40(29(27)34-19(2)33-18)16-20-9-11-21(12-10-20)22-7-3-4-8-23(22)28-36-38-39-37-28/h3-4,7-12,15,24H,5-6,13-14,16-17H2,1-2H3,(H,35,45)(H,43,44)(H,36,37,38,39). The van der Waals surface area contributed by atoms with Crippen LogP contribution in [0.25, 0.3) is 33.5 Å². The highest BCUT2D eigenvalue weighted by Gasteiger charge is 2.25. The molecule has 5 rings (SSSR count). The molecule has 0 fully saturated rings. The largest absolute Gasteiger partial charge is 0.508 e. The van der Waals surface area contributed by atoms with Crippen molar-refractivity contribution in [3.63, 3.8) is 0 Å². The highest BCUT2D eigenvalue weighted by Crippen LogP contribution is 2.30. The minimum atomic E-state index is -1.75. The number of aliphatic carboxylic acids is 1. The Bertz CT molecular complexity index is 2140. The van der Waals surface area contributed by atoms with E-state index in [-0.39, 0.29) is 49.4 Å². The molecule has 1 unspecified atom stereocenters. The molecule has 0 aliphatic heterocycles. The predicted octanol–water partition coefficient (Wildman–Crippen LogP) is 2.99. The van der Waals surface area contributed by atoms with Crippen molar-refractivity contribution >= 4 is 29.3 Å². The SMILES string of the molecule is Cc1nc(C)c2c(OC(=O)NC(COC(=O)OCCCCO[N+](=O)[O-])C(=O)O)cc(=O)n(Cc3ccc(-c4ccccc4-c4nn[nH]n4)cc3)c2n1. The van der Waals surface area contributed by atoms with Gasteiger partial charge >= 0.3 is 18.2 Å². The van der Waals surface area contributed by atoms with E-state index in [0.29, 0.717) is 17.3 Å². The third-order valence-corrected chi connectivity index (χ3v) is 7.44. The van der Waals surface area contributed by atoms with Gasteiger partial charge < -0.3 is 29.5 Å². The molecule has 2 aromatic carbocycles. The second kappa shape index (κ2) is 16.6. The average molecular weight is 718 g/mol. The summed E-state index contributed by atoms with van der Waals surface area (Å²) < 4.78 is 16.4. The summed E-state index contributed by atoms with van der Waals surface area (Å²) in [6, 6.07) is 14.4. The Labute approximate surface area is 292 Å². The molecule has 0 aliphatic carbocycles. The fraction of sp³-hybridized carbons (Fsp3) is 0.281. The summed E-state index contributed by atoms with van der Waals surface area (Å²) in [5.74, 6) is -0.973. The number of unbranched alkanes of at least 4 members (excludes halogenated alkanes) is 1. The average Bonchev–Trinajstić information content (AvgIpc) is 3.65. The predicted molar refractivity (Wildman–Crippen MR) is 177 cm³/mol. The van der Waals surface area contributed by atoms with Crippen LogP contribution in [0.5, 0.6) is 5.75 Å². The molecule has 270 valence electrons. The van der Waals surface area contributed by atoms with Gasteiger partial charge in [-0.1, -0.05) is 48.5 Å². The quantitative estimate of drug-likeness (QED) is 0.0608. The summed E-state index contributed by atoms with van der Waals surface area (Å²) in [5.41, 5.74) is 3.30. The maximum absolute atomic E-state index is 13.5. The van der Waals surface area contributed by atoms with E-state index >= 15 is 0 Å². The molecule has 20 heteroatoms. The molecule has 0 saturated heterocycles. The van der Waals surface area contributed by atoms with Crippen molar-refractivity contribution in [2.75, 3.05) is 19.8 Å². The van der Waals surface area contributed by atoms with Crippen molar-refractivity contribution in [3.05, 3.63) is 92.1 Å². The number of H-pyrrole nitrogens is 1. The molecule has 1 atom stereocenters. The zero-order valence-electron chi connectivity index (χ0n) is 27.7. The lowest BCUT2D eigenvalue weighted by molar-refractivity contribution is -0.757. The summed E-state index contributed by atoms with van der Waals surface area (Å²) in [7, 11) is 0. The number of carbonyl (C=O) groups excluding carboxylic acids is 2. The maximum Gasteiger partial charge on any atom is 0.508 e. The number of pyridine rings is 1. The van der Waals surface area contributed by atoms with E-state index in [2.05, 4.69) is 40.7 Å². The lowest BCUT2D eigenvalue weighted by atomic mass is 9.98. The first-order chi connectivity index (χ1) is 25.0. The number of aromatic nitrogens is 7. The van der Waals surface area contributed by atoms with Crippen LogP contribution in [0.15, 0.2) is 59.4 Å². The number of hydrogen-bond donors (Lipinski definition) is 3. The summed E-state index contributed by atoms with van der Waals surface area (Å²) in [4.78, 5) is 73.1. The molecule has 52 heavy (non-hydrogen) atoms. The van der Waals surface area contributed by atoms with Gasteiger partial charge in [0.05, 0.1) is 30.8 Å². The first-order valence-electron chi connectivity index (χ1n) is 15.6. The fourth-order valence-corrected chi connectivity index (χ4v) is 5.09. The summed E-state index contributed by atoms with van der Waals surface area (Å²) in [6.45, 7) is 2.20. The van der Waals surface area contributed by atoms with Gasteiger partial charge in [-0.05, 0) is 48.6 Å². The van der Waals surface area contributed by atoms with Crippen LogP contribution in [0.3, 0.4) is 0 Å². The van der Waals surface area contributed by atoms with Crippen LogP contribution in [0.4, 0.5) is 9.59 Å². The number of ether oxygens (including phenoxy) is 3. The number of nitrogens with zero attached hydrogens (tertiary/aromatic N) is 7. The van der Waals surface area contributed by atoms with Crippen molar-refractivity contribution in [2.24, 2.45) is 0 Å². The molecule has 0 radical (unpaired) electrons. The molecule has 0 saturated carbocycles. The maximum atomic E-state index is 13.5. The molecular weight excluding hydrogens is 686 g/mol. The van der Waals surface area contributed by atoms with Crippen LogP contribution in [0.2, 0.25) is 0 Å². The van der Waals surface area contributed by atoms with Gasteiger partial charge in [0.2, 0.25) is 5.82 Å². The van der Waals surface area contributed by atoms with Crippen LogP contribution in [-0.4, -0.2) is 89.4 Å². The lowest BCUT2D eigenvalue weighted by Crippen LogP contribution is -2.45. The Balaban J connectivity index is 1.28. The second-order valence-electron chi connectivity index (χ2n) is 11.1. The van der Waals surface area contributed by atoms with Gasteiger partial charge in [0.25, 0.3) is 10.6 Å². The molecular formula is C32H31N9O11. The number of fused-ring (bicyclic) bond motifs is 1. The van der Waals surface area contributed by atoms with E-state index in [1.54, 1.807) is 13.8 Å². The normalized spacial score (nSPS) is 11.4. The number of amides is 1. The van der Waals surface area contributed by atoms with Crippen LogP contribution >= 0.6 is 0 Å². The van der Waals surface area contributed by atoms with Crippen LogP contribution in [0.1, 0.15) is 29.9 Å². The Morgan fingerprint density at radius 2 is 1.75 bits per heavy atom.